The van der Waals surface area contributed by atoms with E-state index in [9.17, 15) is 67.7 Å². The van der Waals surface area contributed by atoms with Crippen molar-refractivity contribution in [3.63, 3.8) is 0 Å². The van der Waals surface area contributed by atoms with E-state index in [4.69, 9.17) is 32.4 Å². The van der Waals surface area contributed by atoms with Crippen LogP contribution in [0.1, 0.15) is 91.5 Å². The number of amides is 1. The highest BCUT2D eigenvalue weighted by Crippen LogP contribution is 2.39. The van der Waals surface area contributed by atoms with Gasteiger partial charge in [-0.2, -0.15) is 0 Å². The molecule has 0 unspecified atom stereocenters. The second kappa shape index (κ2) is 32.0. The maximum atomic E-state index is 13.3. The van der Waals surface area contributed by atoms with Crippen LogP contribution in [0.4, 0.5) is 28.4 Å². The van der Waals surface area contributed by atoms with Crippen LogP contribution in [-0.2, 0) is 16.0 Å². The molecule has 20 rings (SSSR count). The molecule has 0 aliphatic carbocycles. The number of nitrogens with two attached hydrogens (primary N) is 4. The largest absolute Gasteiger partial charge is 0.478 e. The lowest BCUT2D eigenvalue weighted by Gasteiger charge is -2.14. The van der Waals surface area contributed by atoms with Gasteiger partial charge in [0.05, 0.1) is 138 Å². The standard InChI is InChI=1S/C25H23N3O6.2C24H18N4O4.C24H14N4O2/c1-13-3-5-15(19(26)7-13)9-22(30)18-10-17(25(32)33)16(11-23(18)34-12-29)24(31)28-21-6-4-14(2)8-20(21)27;1-12-3-5-17-19(7-12)27-22(25-17)14-10-21(32-11-29)16(9-15(14)24(30)31)23-26-18-6-4-13(2)8-20(18)28-23;1-11-3-5-19(17(25)7-11)27-21(29)13-9-15-16(10-14(13)22(27)30)24(32)28(23(15)31)20-6-4-12(2)8-18(20)26;1-11-3-5-17-19(7-11)27-21(25-17)13-9-16-14(10-15(13)23(27)29)22-26-18-6-4-12(2)8-20(18)28(22)24(16)30/h3-8,10-12H,9,26-27H2,1-2H3,(H,28,31)(H,32,33);3-11H,1-2H3,(H,25,27)(H,26,28)(H,30,31);3-10H,25-26H2,1-2H3;3-10H,1-2H3. The number of imidazole rings is 4. The topological polar surface area (TPSA) is 482 Å². The molecule has 0 atom stereocenters. The molecule has 8 heterocycles. The first-order valence-electron chi connectivity index (χ1n) is 39.7. The number of ether oxygens (including phenoxy) is 2. The molecule has 0 aliphatic heterocycles. The van der Waals surface area contributed by atoms with Crippen molar-refractivity contribution in [1.82, 2.24) is 47.8 Å². The number of ketones is 1. The number of anilines is 5. The van der Waals surface area contributed by atoms with Gasteiger partial charge in [0.2, 0.25) is 0 Å². The Morgan fingerprint density at radius 3 is 1.21 bits per heavy atom. The van der Waals surface area contributed by atoms with E-state index in [0.29, 0.717) is 78.9 Å². The summed E-state index contributed by atoms with van der Waals surface area (Å²) < 4.78 is 15.4. The number of benzene rings is 12. The van der Waals surface area contributed by atoms with E-state index in [0.717, 1.165) is 104 Å². The predicted octanol–water partition coefficient (Wildman–Crippen LogP) is 13.5. The second-order valence-electron chi connectivity index (χ2n) is 31.4. The fourth-order valence-corrected chi connectivity index (χ4v) is 16.1. The Hall–Kier alpha value is -17.6. The number of aryl methyl sites for hydroxylation is 8. The summed E-state index contributed by atoms with van der Waals surface area (Å²) >= 11 is 0. The van der Waals surface area contributed by atoms with Gasteiger partial charge in [0, 0.05) is 28.4 Å². The number of hydrogen-bond donors (Lipinski definition) is 9. The molecule has 0 fully saturated rings. The quantitative estimate of drug-likeness (QED) is 0.0261. The van der Waals surface area contributed by atoms with Crippen molar-refractivity contribution >= 4 is 164 Å². The molecule has 0 saturated carbocycles. The van der Waals surface area contributed by atoms with Crippen molar-refractivity contribution < 1.29 is 48.5 Å². The minimum atomic E-state index is -1.44. The van der Waals surface area contributed by atoms with Gasteiger partial charge in [-0.15, -0.1) is 0 Å². The fourth-order valence-electron chi connectivity index (χ4n) is 16.1. The number of carbonyl (C=O) groups is 6. The molecule has 1 amide bonds. The van der Waals surface area contributed by atoms with E-state index in [1.807, 2.05) is 128 Å². The smallest absolute Gasteiger partial charge is 0.336 e. The molecule has 0 saturated heterocycles. The van der Waals surface area contributed by atoms with Gasteiger partial charge in [0.15, 0.2) is 5.78 Å². The van der Waals surface area contributed by atoms with Gasteiger partial charge >= 0.3 is 11.9 Å². The normalized spacial score (nSPS) is 11.4. The van der Waals surface area contributed by atoms with Gasteiger partial charge in [0.1, 0.15) is 34.4 Å². The van der Waals surface area contributed by atoms with E-state index < -0.39 is 51.4 Å². The van der Waals surface area contributed by atoms with Crippen LogP contribution in [0, 0.1) is 55.4 Å². The maximum absolute atomic E-state index is 13.3. The first-order chi connectivity index (χ1) is 61.2. The minimum absolute atomic E-state index is 0.00524. The van der Waals surface area contributed by atoms with Gasteiger partial charge in [-0.1, -0.05) is 54.6 Å². The third kappa shape index (κ3) is 14.6. The number of hydrogen-bond acceptors (Lipinski definition) is 22. The van der Waals surface area contributed by atoms with Crippen LogP contribution in [0.5, 0.6) is 11.5 Å². The summed E-state index contributed by atoms with van der Waals surface area (Å²) in [5.41, 5.74) is 38.8. The molecule has 8 aromatic heterocycles. The Bertz CT molecular complexity index is 8230. The number of nitrogen functional groups attached to an aromatic ring is 4. The molecule has 632 valence electrons. The summed E-state index contributed by atoms with van der Waals surface area (Å²) in [6.07, 6.45) is -0.161. The molecule has 0 radical (unpaired) electrons. The number of aromatic carboxylic acids is 2. The molecule has 31 nitrogen and oxygen atoms in total. The SMILES string of the molecule is Cc1ccc(-n2c(=O)c3cc4c(=O)n(-c5ccc(C)cc5N)c(=O)c4cc3c2=O)c(N)c1.Cc1ccc(CC(=O)c2cc(C(=O)O)c(C(=O)Nc3ccc(C)cc3N)cc2OC=O)c(N)c1.Cc1ccc2nc(-c3cc(C(=O)O)c(-c4nc5ccc(C)cc5[nH]4)cc3OC=O)[nH]c2c1.Cc1ccc2nc3c4cc5c(=O)n6c7cc(C)ccc7nc6c5cc4c(=O)n3c2c1. The van der Waals surface area contributed by atoms with Crippen molar-refractivity contribution in [2.45, 2.75) is 61.8 Å². The van der Waals surface area contributed by atoms with E-state index in [2.05, 4.69) is 35.2 Å². The average molecular weight is 1700 g/mol. The monoisotopic (exact) mass is 1700 g/mol. The third-order valence-electron chi connectivity index (χ3n) is 22.4. The Morgan fingerprint density at radius 1 is 0.375 bits per heavy atom. The summed E-state index contributed by atoms with van der Waals surface area (Å²) in [5, 5.41) is 24.9. The fraction of sp³-hybridized carbons (Fsp3) is 0.0928. The summed E-state index contributed by atoms with van der Waals surface area (Å²) in [6, 6.07) is 54.6. The molecule has 0 spiro atoms. The number of H-pyrrole nitrogens is 2. The summed E-state index contributed by atoms with van der Waals surface area (Å²) in [6.45, 7) is 15.7. The van der Waals surface area contributed by atoms with Gasteiger partial charge < -0.3 is 57.9 Å². The number of aromatic amines is 2. The van der Waals surface area contributed by atoms with Crippen molar-refractivity contribution in [2.75, 3.05) is 28.3 Å². The molecular formula is C97H73N15O16. The minimum Gasteiger partial charge on any atom is -0.478 e. The zero-order chi connectivity index (χ0) is 90.6. The highest BCUT2D eigenvalue weighted by Gasteiger charge is 2.29. The summed E-state index contributed by atoms with van der Waals surface area (Å²) in [7, 11) is 0. The first-order valence-corrected chi connectivity index (χ1v) is 39.7. The molecule has 0 aliphatic rings. The van der Waals surface area contributed by atoms with Gasteiger partial charge in [-0.25, -0.2) is 38.7 Å². The molecule has 128 heavy (non-hydrogen) atoms. The number of fused-ring (bicyclic) bond motifs is 14. The number of nitrogens with one attached hydrogen (secondary N) is 3. The number of carboxylic acid groups (broad SMARTS) is 2. The lowest BCUT2D eigenvalue weighted by Crippen LogP contribution is -2.25. The Kier molecular flexibility index (Phi) is 20.7. The van der Waals surface area contributed by atoms with Gasteiger partial charge in [-0.05, 0) is 245 Å². The van der Waals surface area contributed by atoms with Crippen LogP contribution in [0.15, 0.2) is 223 Å². The van der Waals surface area contributed by atoms with Gasteiger partial charge in [-0.3, -0.25) is 56.7 Å². The van der Waals surface area contributed by atoms with Gasteiger partial charge in [0.25, 0.3) is 52.2 Å². The zero-order valence-corrected chi connectivity index (χ0v) is 69.3. The van der Waals surface area contributed by atoms with Crippen molar-refractivity contribution in [1.29, 1.82) is 0 Å². The van der Waals surface area contributed by atoms with Crippen molar-refractivity contribution in [3.05, 3.63) is 329 Å². The number of Topliss-reactive ketones (excluding diaryl/α,β-unsaturated/α-hetero) is 1. The number of carboxylic acids is 2. The predicted molar refractivity (Wildman–Crippen MR) is 491 cm³/mol. The highest BCUT2D eigenvalue weighted by atomic mass is 16.5. The van der Waals surface area contributed by atoms with Crippen LogP contribution in [0.3, 0.4) is 0 Å². The van der Waals surface area contributed by atoms with E-state index in [1.165, 1.54) is 24.3 Å². The highest BCUT2D eigenvalue weighted by molar-refractivity contribution is 6.15. The van der Waals surface area contributed by atoms with Crippen LogP contribution in [0.25, 0.3) is 133 Å². The Balaban J connectivity index is 0.000000120. The third-order valence-corrected chi connectivity index (χ3v) is 22.4. The molecule has 13 N–H and O–H groups in total. The molecule has 0 bridgehead atoms. The van der Waals surface area contributed by atoms with Crippen molar-refractivity contribution in [2.24, 2.45) is 0 Å². The van der Waals surface area contributed by atoms with E-state index >= 15 is 0 Å². The Morgan fingerprint density at radius 2 is 0.766 bits per heavy atom. The zero-order valence-electron chi connectivity index (χ0n) is 69.3. The lowest BCUT2D eigenvalue weighted by molar-refractivity contribution is -0.121. The average Bonchev–Trinajstić information content (AvgIpc) is 1.53. The van der Waals surface area contributed by atoms with Crippen LogP contribution in [-0.4, -0.2) is 94.6 Å². The number of rotatable bonds is 15. The van der Waals surface area contributed by atoms with E-state index in [1.54, 1.807) is 93.7 Å². The van der Waals surface area contributed by atoms with E-state index in [-0.39, 0.29) is 108 Å². The number of aromatic nitrogens is 10. The van der Waals surface area contributed by atoms with Crippen LogP contribution in [0.2, 0.25) is 0 Å². The lowest BCUT2D eigenvalue weighted by atomic mass is 9.95. The second-order valence-corrected chi connectivity index (χ2v) is 31.4. The van der Waals surface area contributed by atoms with Crippen LogP contribution < -0.4 is 71.1 Å². The molecule has 12 aromatic carbocycles. The number of nitrogens with zero attached hydrogens (tertiary/aromatic N) is 8. The summed E-state index contributed by atoms with van der Waals surface area (Å²) in [4.78, 5) is 176. The first kappa shape index (κ1) is 82.7. The van der Waals surface area contributed by atoms with Crippen LogP contribution >= 0.6 is 0 Å². The number of carbonyl (C=O) groups excluding carboxylic acids is 4. The molecule has 20 aromatic rings. The Labute approximate surface area is 720 Å². The molecular weight excluding hydrogens is 1630 g/mol. The maximum Gasteiger partial charge on any atom is 0.336 e. The molecule has 31 heteroatoms. The van der Waals surface area contributed by atoms with Crippen molar-refractivity contribution in [3.8, 4) is 45.6 Å². The summed E-state index contributed by atoms with van der Waals surface area (Å²) in [5.74, 6) is -3.23.